The molecule has 2 aliphatic heterocycles. The summed E-state index contributed by atoms with van der Waals surface area (Å²) in [6.45, 7) is 5.05. The van der Waals surface area contributed by atoms with Crippen molar-refractivity contribution in [3.63, 3.8) is 0 Å². The van der Waals surface area contributed by atoms with Gasteiger partial charge < -0.3 is 9.64 Å². The van der Waals surface area contributed by atoms with Gasteiger partial charge in [0.25, 0.3) is 0 Å². The molecule has 0 saturated heterocycles. The van der Waals surface area contributed by atoms with Crippen LogP contribution in [0.2, 0.25) is 0 Å². The van der Waals surface area contributed by atoms with Crippen molar-refractivity contribution < 1.29 is 14.3 Å². The Balaban J connectivity index is 1.76. The van der Waals surface area contributed by atoms with Crippen molar-refractivity contribution >= 4 is 33.6 Å². The molecule has 6 nitrogen and oxygen atoms in total. The molecule has 0 spiro atoms. The quantitative estimate of drug-likeness (QED) is 0.714. The van der Waals surface area contributed by atoms with Crippen molar-refractivity contribution in [2.75, 3.05) is 31.6 Å². The second-order valence-electron chi connectivity index (χ2n) is 6.89. The van der Waals surface area contributed by atoms with E-state index in [4.69, 9.17) is 4.74 Å². The smallest absolute Gasteiger partial charge is 0.242 e. The molecule has 0 bridgehead atoms. The molecular weight excluding hydrogens is 422 g/mol. The van der Waals surface area contributed by atoms with Crippen LogP contribution >= 0.6 is 15.9 Å². The van der Waals surface area contributed by atoms with Crippen LogP contribution in [0.15, 0.2) is 52.9 Å². The highest BCUT2D eigenvalue weighted by atomic mass is 79.9. The lowest BCUT2D eigenvalue weighted by atomic mass is 10.1. The maximum atomic E-state index is 13.0. The topological polar surface area (TPSA) is 62.7 Å². The van der Waals surface area contributed by atoms with Crippen LogP contribution in [-0.4, -0.2) is 48.4 Å². The average molecular weight is 446 g/mol. The van der Waals surface area contributed by atoms with Crippen LogP contribution in [0.25, 0.3) is 0 Å². The molecular formula is C21H24BrN3O3. The van der Waals surface area contributed by atoms with Gasteiger partial charge in [0.05, 0.1) is 7.11 Å². The second kappa shape index (κ2) is 9.19. The van der Waals surface area contributed by atoms with Crippen molar-refractivity contribution in [2.24, 2.45) is 0 Å². The molecule has 0 aromatic carbocycles. The number of rotatable bonds is 3. The minimum atomic E-state index is -0.107. The Labute approximate surface area is 173 Å². The van der Waals surface area contributed by atoms with Crippen molar-refractivity contribution in [1.29, 1.82) is 0 Å². The maximum Gasteiger partial charge on any atom is 0.242 e. The summed E-state index contributed by atoms with van der Waals surface area (Å²) < 4.78 is 6.19. The zero-order valence-corrected chi connectivity index (χ0v) is 17.6. The van der Waals surface area contributed by atoms with E-state index in [1.807, 2.05) is 24.3 Å². The molecule has 1 aromatic rings. The summed E-state index contributed by atoms with van der Waals surface area (Å²) in [6, 6.07) is 1.96. The van der Waals surface area contributed by atoms with Crippen LogP contribution in [0, 0.1) is 0 Å². The zero-order chi connectivity index (χ0) is 20.1. The van der Waals surface area contributed by atoms with Crippen molar-refractivity contribution in [3.05, 3.63) is 58.4 Å². The average Bonchev–Trinajstić information content (AvgIpc) is 2.68. The van der Waals surface area contributed by atoms with E-state index in [1.54, 1.807) is 18.2 Å². The first kappa shape index (κ1) is 20.3. The van der Waals surface area contributed by atoms with E-state index in [0.717, 1.165) is 28.5 Å². The maximum absolute atomic E-state index is 13.0. The molecule has 0 radical (unpaired) electrons. The Kier molecular flexibility index (Phi) is 6.67. The normalized spacial score (nSPS) is 20.9. The Morgan fingerprint density at radius 1 is 1.39 bits per heavy atom. The number of fused-ring (bicyclic) bond motifs is 1. The predicted molar refractivity (Wildman–Crippen MR) is 112 cm³/mol. The summed E-state index contributed by atoms with van der Waals surface area (Å²) in [6.07, 6.45) is 10.2. The van der Waals surface area contributed by atoms with Crippen LogP contribution in [0.4, 0.5) is 5.82 Å². The van der Waals surface area contributed by atoms with Gasteiger partial charge in [-0.3, -0.25) is 14.5 Å². The molecule has 2 aliphatic rings. The lowest BCUT2D eigenvalue weighted by Gasteiger charge is -2.31. The Hall–Kier alpha value is -2.41. The fourth-order valence-corrected chi connectivity index (χ4v) is 3.73. The number of anilines is 1. The summed E-state index contributed by atoms with van der Waals surface area (Å²) in [7, 11) is 1.61. The van der Waals surface area contributed by atoms with Gasteiger partial charge in [0.1, 0.15) is 18.1 Å². The zero-order valence-electron chi connectivity index (χ0n) is 16.0. The predicted octanol–water partition coefficient (Wildman–Crippen LogP) is 3.39. The minimum absolute atomic E-state index is 0.00949. The second-order valence-corrected chi connectivity index (χ2v) is 7.80. The summed E-state index contributed by atoms with van der Waals surface area (Å²) in [5.74, 6) is 1.12. The highest BCUT2D eigenvalue weighted by Crippen LogP contribution is 2.28. The van der Waals surface area contributed by atoms with Crippen LogP contribution in [-0.2, 0) is 20.7 Å². The highest BCUT2D eigenvalue weighted by molar-refractivity contribution is 9.10. The van der Waals surface area contributed by atoms with Gasteiger partial charge in [-0.1, -0.05) is 12.7 Å². The fraction of sp³-hybridized carbons (Fsp3) is 0.381. The number of aryl methyl sites for hydroxylation is 1. The van der Waals surface area contributed by atoms with E-state index in [0.29, 0.717) is 37.5 Å². The Morgan fingerprint density at radius 3 is 3.00 bits per heavy atom. The van der Waals surface area contributed by atoms with E-state index in [9.17, 15) is 9.59 Å². The number of pyridine rings is 1. The number of amides is 2. The van der Waals surface area contributed by atoms with E-state index >= 15 is 0 Å². The number of ether oxygens (including phenoxy) is 1. The molecule has 7 heteroatoms. The summed E-state index contributed by atoms with van der Waals surface area (Å²) in [5.41, 5.74) is 1.76. The molecule has 0 atom stereocenters. The highest BCUT2D eigenvalue weighted by Gasteiger charge is 2.29. The number of hydrogen-bond acceptors (Lipinski definition) is 4. The summed E-state index contributed by atoms with van der Waals surface area (Å²) >= 11 is 3.41. The standard InChI is InChI=1S/C21H24BrN3O3/c1-15-10-18(28-2)6-4-3-5-9-24(13-15)20(27)14-25-19(26)8-7-16-11-17(22)12-23-21(16)25/h4,6,10-12H,1,3,5,7-9,13-14H2,2H3/b6-4-,18-10+. The van der Waals surface area contributed by atoms with Crippen LogP contribution in [0.3, 0.4) is 0 Å². The molecule has 148 valence electrons. The molecule has 0 saturated carbocycles. The minimum Gasteiger partial charge on any atom is -0.497 e. The molecule has 3 rings (SSSR count). The van der Waals surface area contributed by atoms with Gasteiger partial charge in [0.15, 0.2) is 0 Å². The van der Waals surface area contributed by atoms with Gasteiger partial charge in [-0.15, -0.1) is 0 Å². The Bertz CT molecular complexity index is 847. The van der Waals surface area contributed by atoms with E-state index < -0.39 is 0 Å². The lowest BCUT2D eigenvalue weighted by Crippen LogP contribution is -2.46. The molecule has 0 unspecified atom stereocenters. The first-order valence-corrected chi connectivity index (χ1v) is 10.1. The molecule has 0 aliphatic carbocycles. The third-order valence-corrected chi connectivity index (χ3v) is 5.21. The summed E-state index contributed by atoms with van der Waals surface area (Å²) in [4.78, 5) is 33.2. The van der Waals surface area contributed by atoms with Crippen molar-refractivity contribution in [3.8, 4) is 0 Å². The molecule has 2 amide bonds. The molecule has 0 fully saturated rings. The largest absolute Gasteiger partial charge is 0.497 e. The third kappa shape index (κ3) is 4.90. The van der Waals surface area contributed by atoms with Gasteiger partial charge >= 0.3 is 0 Å². The number of nitrogens with zero attached hydrogens (tertiary/aromatic N) is 3. The number of carbonyl (C=O) groups is 2. The van der Waals surface area contributed by atoms with Gasteiger partial charge in [-0.2, -0.15) is 0 Å². The molecule has 1 aromatic heterocycles. The van der Waals surface area contributed by atoms with Crippen LogP contribution in [0.5, 0.6) is 0 Å². The number of allylic oxidation sites excluding steroid dienone is 2. The SMILES string of the molecule is C=C1/C=C(OC)\C=C/CCCN(C(=O)CN2C(=O)CCc3cc(Br)cnc32)C1. The first-order valence-electron chi connectivity index (χ1n) is 9.30. The molecule has 3 heterocycles. The lowest BCUT2D eigenvalue weighted by molar-refractivity contribution is -0.131. The van der Waals surface area contributed by atoms with Crippen LogP contribution < -0.4 is 4.90 Å². The van der Waals surface area contributed by atoms with Crippen molar-refractivity contribution in [1.82, 2.24) is 9.88 Å². The summed E-state index contributed by atoms with van der Waals surface area (Å²) in [5, 5.41) is 0. The van der Waals surface area contributed by atoms with Gasteiger partial charge in [0.2, 0.25) is 11.8 Å². The third-order valence-electron chi connectivity index (χ3n) is 4.78. The first-order chi connectivity index (χ1) is 13.5. The fourth-order valence-electron chi connectivity index (χ4n) is 3.35. The monoisotopic (exact) mass is 445 g/mol. The van der Waals surface area contributed by atoms with E-state index in [1.165, 1.54) is 4.90 Å². The number of aromatic nitrogens is 1. The molecule has 0 N–H and O–H groups in total. The molecule has 28 heavy (non-hydrogen) atoms. The number of halogens is 1. The van der Waals surface area contributed by atoms with E-state index in [2.05, 4.69) is 27.5 Å². The number of hydrogen-bond donors (Lipinski definition) is 0. The van der Waals surface area contributed by atoms with Crippen molar-refractivity contribution in [2.45, 2.75) is 25.7 Å². The number of carbonyl (C=O) groups excluding carboxylic acids is 2. The van der Waals surface area contributed by atoms with Gasteiger partial charge in [0, 0.05) is 30.2 Å². The van der Waals surface area contributed by atoms with E-state index in [-0.39, 0.29) is 18.4 Å². The van der Waals surface area contributed by atoms with Gasteiger partial charge in [-0.05, 0) is 64.5 Å². The Morgan fingerprint density at radius 2 is 2.21 bits per heavy atom. The van der Waals surface area contributed by atoms with Crippen LogP contribution in [0.1, 0.15) is 24.8 Å². The number of methoxy groups -OCH3 is 1. The van der Waals surface area contributed by atoms with Gasteiger partial charge in [-0.25, -0.2) is 4.98 Å².